The Morgan fingerprint density at radius 3 is 2.94 bits per heavy atom. The van der Waals surface area contributed by atoms with Gasteiger partial charge in [0.05, 0.1) is 18.8 Å². The maximum Gasteiger partial charge on any atom is 0.0900 e. The van der Waals surface area contributed by atoms with Crippen molar-refractivity contribution < 1.29 is 14.6 Å². The second kappa shape index (κ2) is 8.01. The van der Waals surface area contributed by atoms with E-state index in [0.29, 0.717) is 19.3 Å². The van der Waals surface area contributed by atoms with Crippen molar-refractivity contribution in [2.24, 2.45) is 0 Å². The van der Waals surface area contributed by atoms with Gasteiger partial charge in [-0.1, -0.05) is 13.3 Å². The molecule has 16 heavy (non-hydrogen) atoms. The number of hydrogen-bond donors (Lipinski definition) is 1. The van der Waals surface area contributed by atoms with Crippen LogP contribution in [-0.4, -0.2) is 62.2 Å². The first-order valence-corrected chi connectivity index (χ1v) is 6.27. The Kier molecular flexibility index (Phi) is 6.96. The van der Waals surface area contributed by atoms with Crippen LogP contribution in [0.25, 0.3) is 0 Å². The first-order chi connectivity index (χ1) is 7.76. The van der Waals surface area contributed by atoms with E-state index in [1.54, 1.807) is 7.11 Å². The van der Waals surface area contributed by atoms with Crippen molar-refractivity contribution in [3.63, 3.8) is 0 Å². The highest BCUT2D eigenvalue weighted by Crippen LogP contribution is 2.11. The van der Waals surface area contributed by atoms with Gasteiger partial charge < -0.3 is 14.6 Å². The number of aliphatic hydroxyl groups excluding tert-OH is 1. The number of methoxy groups -OCH3 is 1. The zero-order valence-corrected chi connectivity index (χ0v) is 10.5. The number of β-amino-alcohol motifs (C(OH)–C–C–N with tert-alkyl or cyclic N) is 1. The summed E-state index contributed by atoms with van der Waals surface area (Å²) < 4.78 is 10.7. The summed E-state index contributed by atoms with van der Waals surface area (Å²) in [5, 5.41) is 9.76. The van der Waals surface area contributed by atoms with Crippen LogP contribution < -0.4 is 0 Å². The van der Waals surface area contributed by atoms with Crippen LogP contribution in [0.2, 0.25) is 0 Å². The van der Waals surface area contributed by atoms with Gasteiger partial charge in [0.2, 0.25) is 0 Å². The van der Waals surface area contributed by atoms with Crippen molar-refractivity contribution in [1.82, 2.24) is 4.90 Å². The fourth-order valence-corrected chi connectivity index (χ4v) is 1.97. The summed E-state index contributed by atoms with van der Waals surface area (Å²) in [5.74, 6) is 0. The summed E-state index contributed by atoms with van der Waals surface area (Å²) in [6, 6.07) is 0. The number of likely N-dealkylation sites (tertiary alicyclic amines) is 1. The maximum absolute atomic E-state index is 9.76. The molecule has 96 valence electrons. The lowest BCUT2D eigenvalue weighted by atomic mass is 10.3. The molecule has 1 aliphatic heterocycles. The summed E-state index contributed by atoms with van der Waals surface area (Å²) in [6.45, 7) is 6.00. The average Bonchev–Trinajstić information content (AvgIpc) is 2.72. The van der Waals surface area contributed by atoms with Gasteiger partial charge in [0, 0.05) is 33.4 Å². The lowest BCUT2D eigenvalue weighted by Gasteiger charge is -2.19. The van der Waals surface area contributed by atoms with Crippen molar-refractivity contribution in [1.29, 1.82) is 0 Å². The number of aliphatic hydroxyl groups is 1. The van der Waals surface area contributed by atoms with E-state index in [1.165, 1.54) is 0 Å². The fraction of sp³-hybridized carbons (Fsp3) is 1.00. The third-order valence-corrected chi connectivity index (χ3v) is 2.98. The molecule has 2 atom stereocenters. The summed E-state index contributed by atoms with van der Waals surface area (Å²) >= 11 is 0. The molecule has 1 saturated heterocycles. The molecule has 1 heterocycles. The quantitative estimate of drug-likeness (QED) is 0.630. The molecule has 4 nitrogen and oxygen atoms in total. The maximum atomic E-state index is 9.76. The van der Waals surface area contributed by atoms with Gasteiger partial charge >= 0.3 is 0 Å². The topological polar surface area (TPSA) is 41.9 Å². The predicted octanol–water partition coefficient (Wildman–Crippen LogP) is 0.885. The van der Waals surface area contributed by atoms with Crippen molar-refractivity contribution in [3.05, 3.63) is 0 Å². The van der Waals surface area contributed by atoms with Gasteiger partial charge in [0.15, 0.2) is 0 Å². The van der Waals surface area contributed by atoms with Crippen molar-refractivity contribution in [2.75, 3.05) is 40.0 Å². The van der Waals surface area contributed by atoms with E-state index >= 15 is 0 Å². The Morgan fingerprint density at radius 2 is 2.31 bits per heavy atom. The smallest absolute Gasteiger partial charge is 0.0900 e. The lowest BCUT2D eigenvalue weighted by molar-refractivity contribution is 0.0165. The lowest BCUT2D eigenvalue weighted by Crippen LogP contribution is -2.34. The van der Waals surface area contributed by atoms with E-state index in [4.69, 9.17) is 9.47 Å². The monoisotopic (exact) mass is 231 g/mol. The summed E-state index contributed by atoms with van der Waals surface area (Å²) in [5.41, 5.74) is 0. The standard InChI is InChI=1S/C12H25NO3/c1-3-4-7-16-10-11(14)8-13-6-5-12(9-13)15-2/h11-12,14H,3-10H2,1-2H3. The first kappa shape index (κ1) is 13.9. The van der Waals surface area contributed by atoms with Crippen LogP contribution >= 0.6 is 0 Å². The summed E-state index contributed by atoms with van der Waals surface area (Å²) in [4.78, 5) is 2.24. The van der Waals surface area contributed by atoms with Crippen LogP contribution in [0.5, 0.6) is 0 Å². The Morgan fingerprint density at radius 1 is 1.50 bits per heavy atom. The number of hydrogen-bond acceptors (Lipinski definition) is 4. The molecule has 0 spiro atoms. The Labute approximate surface area is 98.5 Å². The molecule has 0 radical (unpaired) electrons. The van der Waals surface area contributed by atoms with Crippen molar-refractivity contribution in [2.45, 2.75) is 38.4 Å². The normalized spacial score (nSPS) is 23.8. The van der Waals surface area contributed by atoms with Crippen LogP contribution in [0.4, 0.5) is 0 Å². The third kappa shape index (κ3) is 5.25. The molecule has 0 aromatic heterocycles. The minimum atomic E-state index is -0.368. The van der Waals surface area contributed by atoms with Crippen molar-refractivity contribution in [3.8, 4) is 0 Å². The van der Waals surface area contributed by atoms with Crippen LogP contribution in [-0.2, 0) is 9.47 Å². The third-order valence-electron chi connectivity index (χ3n) is 2.98. The van der Waals surface area contributed by atoms with E-state index in [1.807, 2.05) is 0 Å². The molecule has 0 aromatic rings. The zero-order chi connectivity index (χ0) is 11.8. The predicted molar refractivity (Wildman–Crippen MR) is 63.6 cm³/mol. The van der Waals surface area contributed by atoms with Crippen LogP contribution in [0, 0.1) is 0 Å². The number of unbranched alkanes of at least 4 members (excludes halogenated alkanes) is 1. The van der Waals surface area contributed by atoms with E-state index < -0.39 is 0 Å². The molecule has 4 heteroatoms. The van der Waals surface area contributed by atoms with E-state index in [9.17, 15) is 5.11 Å². The Balaban J connectivity index is 2.03. The molecular weight excluding hydrogens is 206 g/mol. The summed E-state index contributed by atoms with van der Waals surface area (Å²) in [7, 11) is 1.75. The highest BCUT2D eigenvalue weighted by molar-refractivity contribution is 4.77. The van der Waals surface area contributed by atoms with Gasteiger partial charge in [-0.2, -0.15) is 0 Å². The van der Waals surface area contributed by atoms with E-state index in [0.717, 1.165) is 39.0 Å². The van der Waals surface area contributed by atoms with Crippen LogP contribution in [0.3, 0.4) is 0 Å². The molecule has 0 amide bonds. The van der Waals surface area contributed by atoms with Gasteiger partial charge in [-0.25, -0.2) is 0 Å². The second-order valence-corrected chi connectivity index (χ2v) is 4.49. The fourth-order valence-electron chi connectivity index (χ4n) is 1.97. The molecule has 1 fully saturated rings. The molecular formula is C12H25NO3. The molecule has 1 rings (SSSR count). The van der Waals surface area contributed by atoms with Crippen molar-refractivity contribution >= 4 is 0 Å². The molecule has 2 unspecified atom stereocenters. The number of nitrogens with zero attached hydrogens (tertiary/aromatic N) is 1. The molecule has 1 aliphatic rings. The van der Waals surface area contributed by atoms with E-state index in [-0.39, 0.29) is 6.10 Å². The minimum Gasteiger partial charge on any atom is -0.389 e. The highest BCUT2D eigenvalue weighted by atomic mass is 16.5. The number of rotatable bonds is 8. The average molecular weight is 231 g/mol. The molecule has 0 aliphatic carbocycles. The van der Waals surface area contributed by atoms with Crippen LogP contribution in [0.1, 0.15) is 26.2 Å². The largest absolute Gasteiger partial charge is 0.389 e. The SMILES string of the molecule is CCCCOCC(O)CN1CCC(OC)C1. The number of ether oxygens (including phenoxy) is 2. The molecule has 0 aromatic carbocycles. The molecule has 0 saturated carbocycles. The molecule has 0 bridgehead atoms. The molecule has 1 N–H and O–H groups in total. The Bertz CT molecular complexity index is 178. The first-order valence-electron chi connectivity index (χ1n) is 6.27. The zero-order valence-electron chi connectivity index (χ0n) is 10.5. The van der Waals surface area contributed by atoms with Gasteiger partial charge in [-0.05, 0) is 12.8 Å². The minimum absolute atomic E-state index is 0.341. The highest BCUT2D eigenvalue weighted by Gasteiger charge is 2.23. The van der Waals surface area contributed by atoms with Gasteiger partial charge in [0.1, 0.15) is 0 Å². The van der Waals surface area contributed by atoms with Gasteiger partial charge in [-0.3, -0.25) is 4.90 Å². The summed E-state index contributed by atoms with van der Waals surface area (Å²) in [6.07, 6.45) is 3.25. The van der Waals surface area contributed by atoms with Crippen LogP contribution in [0.15, 0.2) is 0 Å². The van der Waals surface area contributed by atoms with Gasteiger partial charge in [-0.15, -0.1) is 0 Å². The Hall–Kier alpha value is -0.160. The van der Waals surface area contributed by atoms with E-state index in [2.05, 4.69) is 11.8 Å². The second-order valence-electron chi connectivity index (χ2n) is 4.49. The van der Waals surface area contributed by atoms with Gasteiger partial charge in [0.25, 0.3) is 0 Å².